The van der Waals surface area contributed by atoms with Gasteiger partial charge in [0.15, 0.2) is 11.5 Å². The molecule has 2 aromatic rings. The molecule has 0 spiro atoms. The lowest BCUT2D eigenvalue weighted by Gasteiger charge is -2.31. The Kier molecular flexibility index (Phi) is 8.34. The van der Waals surface area contributed by atoms with Crippen LogP contribution < -0.4 is 15.8 Å². The molecule has 3 heterocycles. The molecule has 10 nitrogen and oxygen atoms in total. The first-order chi connectivity index (χ1) is 15.6. The summed E-state index contributed by atoms with van der Waals surface area (Å²) in [5.41, 5.74) is 7.42. The molecule has 1 aliphatic rings. The summed E-state index contributed by atoms with van der Waals surface area (Å²) in [4.78, 5) is 22.8. The first-order valence-corrected chi connectivity index (χ1v) is 12.0. The van der Waals surface area contributed by atoms with E-state index in [9.17, 15) is 4.79 Å². The Balaban J connectivity index is 1.50. The highest BCUT2D eigenvalue weighted by atomic mass is 16.5. The van der Waals surface area contributed by atoms with E-state index in [1.54, 1.807) is 4.52 Å². The number of aromatic nitrogens is 4. The Hall–Kier alpha value is -2.62. The van der Waals surface area contributed by atoms with Crippen molar-refractivity contribution in [3.8, 4) is 6.01 Å². The summed E-state index contributed by atoms with van der Waals surface area (Å²) in [5.74, 6) is 0.867. The number of likely N-dealkylation sites (tertiary alicyclic amines) is 1. The number of piperidine rings is 1. The number of amides is 1. The molecule has 0 aromatic carbocycles. The number of nitrogens with zero attached hydrogens (tertiary/aromatic N) is 5. The van der Waals surface area contributed by atoms with Crippen LogP contribution in [-0.4, -0.2) is 68.5 Å². The second-order valence-electron chi connectivity index (χ2n) is 9.98. The van der Waals surface area contributed by atoms with Crippen LogP contribution in [0.2, 0.25) is 0 Å². The van der Waals surface area contributed by atoms with E-state index in [4.69, 9.17) is 15.2 Å². The summed E-state index contributed by atoms with van der Waals surface area (Å²) in [6.45, 7) is 13.0. The van der Waals surface area contributed by atoms with Crippen molar-refractivity contribution in [2.45, 2.75) is 78.4 Å². The number of nitrogens with one attached hydrogen (secondary N) is 1. The second kappa shape index (κ2) is 11.0. The van der Waals surface area contributed by atoms with Gasteiger partial charge in [0.2, 0.25) is 0 Å². The van der Waals surface area contributed by atoms with Crippen LogP contribution in [0.5, 0.6) is 6.01 Å². The largest absolute Gasteiger partial charge is 0.459 e. The fourth-order valence-corrected chi connectivity index (χ4v) is 4.08. The van der Waals surface area contributed by atoms with Crippen LogP contribution in [0.3, 0.4) is 0 Å². The summed E-state index contributed by atoms with van der Waals surface area (Å²) in [5, 5.41) is 7.37. The van der Waals surface area contributed by atoms with Crippen molar-refractivity contribution in [3.63, 3.8) is 0 Å². The first-order valence-electron chi connectivity index (χ1n) is 12.0. The molecular weight excluding hydrogens is 422 g/mol. The number of carbonyl (C=O) groups excluding carboxylic acids is 1. The smallest absolute Gasteiger partial charge is 0.407 e. The molecule has 0 aliphatic carbocycles. The molecule has 33 heavy (non-hydrogen) atoms. The van der Waals surface area contributed by atoms with Gasteiger partial charge in [-0.15, -0.1) is 5.10 Å². The maximum absolute atomic E-state index is 11.8. The van der Waals surface area contributed by atoms with Gasteiger partial charge in [0.1, 0.15) is 6.61 Å². The van der Waals surface area contributed by atoms with Crippen LogP contribution >= 0.6 is 0 Å². The van der Waals surface area contributed by atoms with Crippen LogP contribution in [0.15, 0.2) is 6.20 Å². The SMILES string of the molecule is CCC[C@H](C)Oc1nc(N)c2ncc(CC3CCN(CCOC(=O)NC(C)(C)C)CC3)n2n1. The predicted octanol–water partition coefficient (Wildman–Crippen LogP) is 3.05. The lowest BCUT2D eigenvalue weighted by Crippen LogP contribution is -2.42. The van der Waals surface area contributed by atoms with Gasteiger partial charge >= 0.3 is 12.1 Å². The van der Waals surface area contributed by atoms with Crippen molar-refractivity contribution in [1.82, 2.24) is 29.8 Å². The Morgan fingerprint density at radius 1 is 1.33 bits per heavy atom. The lowest BCUT2D eigenvalue weighted by molar-refractivity contribution is 0.107. The van der Waals surface area contributed by atoms with Crippen LogP contribution in [0.1, 0.15) is 66.0 Å². The third-order valence-electron chi connectivity index (χ3n) is 5.76. The van der Waals surface area contributed by atoms with Crippen molar-refractivity contribution in [2.75, 3.05) is 32.0 Å². The van der Waals surface area contributed by atoms with Gasteiger partial charge in [0, 0.05) is 12.1 Å². The molecule has 0 bridgehead atoms. The summed E-state index contributed by atoms with van der Waals surface area (Å²) >= 11 is 0. The molecule has 0 radical (unpaired) electrons. The maximum Gasteiger partial charge on any atom is 0.407 e. The zero-order valence-corrected chi connectivity index (χ0v) is 20.6. The number of anilines is 1. The Morgan fingerprint density at radius 3 is 2.73 bits per heavy atom. The van der Waals surface area contributed by atoms with Gasteiger partial charge in [-0.2, -0.15) is 4.98 Å². The highest BCUT2D eigenvalue weighted by Gasteiger charge is 2.22. The average Bonchev–Trinajstić information content (AvgIpc) is 3.11. The molecule has 3 rings (SSSR count). The predicted molar refractivity (Wildman–Crippen MR) is 127 cm³/mol. The van der Waals surface area contributed by atoms with Crippen LogP contribution in [0.4, 0.5) is 10.6 Å². The minimum Gasteiger partial charge on any atom is -0.459 e. The number of nitrogens with two attached hydrogens (primary N) is 1. The molecule has 1 fully saturated rings. The quantitative estimate of drug-likeness (QED) is 0.585. The molecule has 0 saturated carbocycles. The Bertz CT molecular complexity index is 917. The third kappa shape index (κ3) is 7.45. The van der Waals surface area contributed by atoms with Gasteiger partial charge in [-0.05, 0) is 72.4 Å². The molecule has 1 saturated heterocycles. The van der Waals surface area contributed by atoms with Crippen molar-refractivity contribution < 1.29 is 14.3 Å². The van der Waals surface area contributed by atoms with E-state index in [2.05, 4.69) is 32.2 Å². The zero-order valence-electron chi connectivity index (χ0n) is 20.6. The van der Waals surface area contributed by atoms with Gasteiger partial charge < -0.3 is 20.5 Å². The van der Waals surface area contributed by atoms with Crippen LogP contribution in [0, 0.1) is 5.92 Å². The fourth-order valence-electron chi connectivity index (χ4n) is 4.08. The molecule has 3 N–H and O–H groups in total. The summed E-state index contributed by atoms with van der Waals surface area (Å²) < 4.78 is 12.9. The van der Waals surface area contributed by atoms with Gasteiger partial charge in [-0.1, -0.05) is 13.3 Å². The number of imidazole rings is 1. The molecule has 1 amide bonds. The number of hydrogen-bond acceptors (Lipinski definition) is 8. The van der Waals surface area contributed by atoms with E-state index in [1.165, 1.54) is 0 Å². The molecular formula is C23H39N7O3. The summed E-state index contributed by atoms with van der Waals surface area (Å²) in [6.07, 6.45) is 6.49. The lowest BCUT2D eigenvalue weighted by atomic mass is 9.92. The number of carbonyl (C=O) groups is 1. The number of hydrogen-bond donors (Lipinski definition) is 2. The van der Waals surface area contributed by atoms with Gasteiger partial charge in [0.25, 0.3) is 0 Å². The Labute approximate surface area is 196 Å². The molecule has 1 atom stereocenters. The molecule has 10 heteroatoms. The third-order valence-corrected chi connectivity index (χ3v) is 5.76. The topological polar surface area (TPSA) is 120 Å². The number of ether oxygens (including phenoxy) is 2. The summed E-state index contributed by atoms with van der Waals surface area (Å²) in [7, 11) is 0. The van der Waals surface area contributed by atoms with Crippen LogP contribution in [-0.2, 0) is 11.2 Å². The second-order valence-corrected chi connectivity index (χ2v) is 9.98. The van der Waals surface area contributed by atoms with E-state index in [1.807, 2.05) is 33.9 Å². The number of rotatable bonds is 9. The van der Waals surface area contributed by atoms with Crippen molar-refractivity contribution in [1.29, 1.82) is 0 Å². The zero-order chi connectivity index (χ0) is 24.0. The maximum atomic E-state index is 11.8. The minimum atomic E-state index is -0.362. The average molecular weight is 462 g/mol. The number of fused-ring (bicyclic) bond motifs is 1. The van der Waals surface area contributed by atoms with Crippen LogP contribution in [0.25, 0.3) is 5.65 Å². The van der Waals surface area contributed by atoms with Gasteiger partial charge in [-0.25, -0.2) is 14.3 Å². The number of alkyl carbamates (subject to hydrolysis) is 1. The van der Waals surface area contributed by atoms with E-state index in [-0.39, 0.29) is 17.7 Å². The van der Waals surface area contributed by atoms with E-state index >= 15 is 0 Å². The number of nitrogen functional groups attached to an aromatic ring is 1. The van der Waals surface area contributed by atoms with E-state index in [0.29, 0.717) is 30.0 Å². The Morgan fingerprint density at radius 2 is 2.06 bits per heavy atom. The van der Waals surface area contributed by atoms with Crippen molar-refractivity contribution in [2.24, 2.45) is 5.92 Å². The van der Waals surface area contributed by atoms with E-state index < -0.39 is 0 Å². The van der Waals surface area contributed by atoms with Gasteiger partial charge in [0.05, 0.1) is 18.0 Å². The van der Waals surface area contributed by atoms with E-state index in [0.717, 1.165) is 57.4 Å². The minimum absolute atomic E-state index is 0.0339. The molecule has 1 aliphatic heterocycles. The molecule has 184 valence electrons. The molecule has 2 aromatic heterocycles. The first kappa shape index (κ1) is 25.0. The van der Waals surface area contributed by atoms with Crippen molar-refractivity contribution in [3.05, 3.63) is 11.9 Å². The van der Waals surface area contributed by atoms with Gasteiger partial charge in [-0.3, -0.25) is 4.90 Å². The highest BCUT2D eigenvalue weighted by molar-refractivity contribution is 5.68. The van der Waals surface area contributed by atoms with Crippen molar-refractivity contribution >= 4 is 17.6 Å². The summed E-state index contributed by atoms with van der Waals surface area (Å²) in [6, 6.07) is 0.297. The monoisotopic (exact) mass is 461 g/mol. The highest BCUT2D eigenvalue weighted by Crippen LogP contribution is 2.23. The fraction of sp³-hybridized carbons (Fsp3) is 0.739. The molecule has 0 unspecified atom stereocenters. The standard InChI is InChI=1S/C23H39N7O3/c1-6-7-16(2)33-21-26-19(24)20-25-15-18(30(20)28-21)14-17-8-10-29(11-9-17)12-13-32-22(31)27-23(3,4)5/h15-17H,6-14H2,1-5H3,(H,27,31)(H2,24,26,28)/t16-/m0/s1. The normalized spacial score (nSPS) is 16.6.